The number of benzene rings is 2. The molecule has 0 aliphatic rings. The van der Waals surface area contributed by atoms with Crippen molar-refractivity contribution in [2.24, 2.45) is 0 Å². The second kappa shape index (κ2) is 5.92. The van der Waals surface area contributed by atoms with Crippen LogP contribution in [0.15, 0.2) is 48.5 Å². The molecule has 2 rings (SSSR count). The minimum Gasteiger partial charge on any atom is -0.267 e. The van der Waals surface area contributed by atoms with Crippen LogP contribution < -0.4 is 10.9 Å². The van der Waals surface area contributed by atoms with Crippen molar-refractivity contribution < 1.29 is 18.4 Å². The van der Waals surface area contributed by atoms with Crippen LogP contribution in [0.2, 0.25) is 0 Å². The average molecular weight is 276 g/mol. The van der Waals surface area contributed by atoms with Crippen molar-refractivity contribution in [2.75, 3.05) is 0 Å². The predicted octanol–water partition coefficient (Wildman–Crippen LogP) is 2.04. The molecule has 0 radical (unpaired) electrons. The topological polar surface area (TPSA) is 58.2 Å². The summed E-state index contributed by atoms with van der Waals surface area (Å²) in [6, 6.07) is 9.99. The van der Waals surface area contributed by atoms with E-state index < -0.39 is 23.4 Å². The first-order valence-corrected chi connectivity index (χ1v) is 5.68. The van der Waals surface area contributed by atoms with Gasteiger partial charge in [-0.2, -0.15) is 0 Å². The third kappa shape index (κ3) is 3.38. The zero-order valence-corrected chi connectivity index (χ0v) is 10.2. The summed E-state index contributed by atoms with van der Waals surface area (Å²) in [6.45, 7) is 0. The quantitative estimate of drug-likeness (QED) is 0.825. The monoisotopic (exact) mass is 276 g/mol. The fraction of sp³-hybridized carbons (Fsp3) is 0. The van der Waals surface area contributed by atoms with Gasteiger partial charge in [-0.25, -0.2) is 8.78 Å². The Hall–Kier alpha value is -2.76. The largest absolute Gasteiger partial charge is 0.269 e. The van der Waals surface area contributed by atoms with E-state index in [0.717, 1.165) is 12.1 Å². The molecular weight excluding hydrogens is 266 g/mol. The number of carbonyl (C=O) groups excluding carboxylic acids is 2. The van der Waals surface area contributed by atoms with E-state index in [2.05, 4.69) is 10.9 Å². The standard InChI is InChI=1S/C14H10F2N2O2/c15-11-5-1-3-9(7-11)13(19)17-18-14(20)10-4-2-6-12(16)8-10/h1-8H,(H,17,19)(H,18,20). The second-order valence-electron chi connectivity index (χ2n) is 3.93. The summed E-state index contributed by atoms with van der Waals surface area (Å²) in [7, 11) is 0. The molecule has 20 heavy (non-hydrogen) atoms. The van der Waals surface area contributed by atoms with E-state index in [0.29, 0.717) is 0 Å². The van der Waals surface area contributed by atoms with Gasteiger partial charge in [-0.1, -0.05) is 12.1 Å². The van der Waals surface area contributed by atoms with E-state index in [1.807, 2.05) is 0 Å². The lowest BCUT2D eigenvalue weighted by Gasteiger charge is -2.07. The lowest BCUT2D eigenvalue weighted by Crippen LogP contribution is -2.41. The van der Waals surface area contributed by atoms with Gasteiger partial charge in [-0.15, -0.1) is 0 Å². The van der Waals surface area contributed by atoms with Crippen molar-refractivity contribution in [3.63, 3.8) is 0 Å². The van der Waals surface area contributed by atoms with Crippen LogP contribution in [0.4, 0.5) is 8.78 Å². The molecule has 0 aromatic heterocycles. The van der Waals surface area contributed by atoms with Crippen LogP contribution in [-0.2, 0) is 0 Å². The molecule has 0 aliphatic heterocycles. The number of halogens is 2. The number of nitrogens with one attached hydrogen (secondary N) is 2. The normalized spacial score (nSPS) is 9.90. The van der Waals surface area contributed by atoms with Crippen molar-refractivity contribution in [2.45, 2.75) is 0 Å². The number of hydrazine groups is 1. The summed E-state index contributed by atoms with van der Waals surface area (Å²) in [6.07, 6.45) is 0. The van der Waals surface area contributed by atoms with Crippen LogP contribution >= 0.6 is 0 Å². The summed E-state index contributed by atoms with van der Waals surface area (Å²) in [5, 5.41) is 0. The molecule has 0 saturated heterocycles. The number of amides is 2. The van der Waals surface area contributed by atoms with E-state index >= 15 is 0 Å². The molecule has 0 unspecified atom stereocenters. The average Bonchev–Trinajstić information content (AvgIpc) is 2.44. The molecule has 0 heterocycles. The summed E-state index contributed by atoms with van der Waals surface area (Å²) in [5.41, 5.74) is 4.35. The highest BCUT2D eigenvalue weighted by Gasteiger charge is 2.10. The molecule has 4 nitrogen and oxygen atoms in total. The number of carbonyl (C=O) groups is 2. The van der Waals surface area contributed by atoms with Crippen molar-refractivity contribution in [3.05, 3.63) is 71.3 Å². The van der Waals surface area contributed by atoms with Crippen LogP contribution in [0.25, 0.3) is 0 Å². The van der Waals surface area contributed by atoms with Gasteiger partial charge in [0.1, 0.15) is 11.6 Å². The Morgan fingerprint density at radius 2 is 1.15 bits per heavy atom. The molecule has 2 amide bonds. The molecule has 102 valence electrons. The van der Waals surface area contributed by atoms with Crippen molar-refractivity contribution in [3.8, 4) is 0 Å². The number of hydrogen-bond acceptors (Lipinski definition) is 2. The highest BCUT2D eigenvalue weighted by Crippen LogP contribution is 2.04. The van der Waals surface area contributed by atoms with Gasteiger partial charge in [0.15, 0.2) is 0 Å². The molecule has 2 N–H and O–H groups in total. The molecule has 2 aromatic carbocycles. The Bertz CT molecular complexity index is 602. The van der Waals surface area contributed by atoms with Gasteiger partial charge in [-0.05, 0) is 36.4 Å². The molecule has 0 saturated carbocycles. The highest BCUT2D eigenvalue weighted by molar-refractivity contribution is 5.99. The Balaban J connectivity index is 1.98. The zero-order valence-electron chi connectivity index (χ0n) is 10.2. The number of rotatable bonds is 2. The van der Waals surface area contributed by atoms with Crippen LogP contribution in [0.5, 0.6) is 0 Å². The zero-order chi connectivity index (χ0) is 14.5. The molecule has 0 aliphatic carbocycles. The van der Waals surface area contributed by atoms with Gasteiger partial charge in [0.25, 0.3) is 11.8 Å². The van der Waals surface area contributed by atoms with Crippen LogP contribution in [-0.4, -0.2) is 11.8 Å². The van der Waals surface area contributed by atoms with Crippen LogP contribution in [0, 0.1) is 11.6 Å². The third-order valence-electron chi connectivity index (χ3n) is 2.46. The Kier molecular flexibility index (Phi) is 4.05. The molecule has 6 heteroatoms. The molecule has 0 fully saturated rings. The second-order valence-corrected chi connectivity index (χ2v) is 3.93. The minimum absolute atomic E-state index is 0.0598. The minimum atomic E-state index is -0.672. The molecule has 0 bridgehead atoms. The van der Waals surface area contributed by atoms with Crippen molar-refractivity contribution >= 4 is 11.8 Å². The lowest BCUT2D eigenvalue weighted by molar-refractivity contribution is 0.0846. The Morgan fingerprint density at radius 3 is 1.50 bits per heavy atom. The summed E-state index contributed by atoms with van der Waals surface area (Å²) in [5.74, 6) is -2.47. The van der Waals surface area contributed by atoms with Gasteiger partial charge in [0.05, 0.1) is 0 Å². The fourth-order valence-electron chi connectivity index (χ4n) is 1.52. The van der Waals surface area contributed by atoms with Crippen LogP contribution in [0.1, 0.15) is 20.7 Å². The van der Waals surface area contributed by atoms with E-state index in [-0.39, 0.29) is 11.1 Å². The summed E-state index contributed by atoms with van der Waals surface area (Å²) < 4.78 is 25.9. The van der Waals surface area contributed by atoms with Gasteiger partial charge in [0, 0.05) is 11.1 Å². The van der Waals surface area contributed by atoms with Gasteiger partial charge >= 0.3 is 0 Å². The fourth-order valence-corrected chi connectivity index (χ4v) is 1.52. The van der Waals surface area contributed by atoms with E-state index in [1.165, 1.54) is 36.4 Å². The van der Waals surface area contributed by atoms with E-state index in [9.17, 15) is 18.4 Å². The number of hydrogen-bond donors (Lipinski definition) is 2. The van der Waals surface area contributed by atoms with Crippen molar-refractivity contribution in [1.29, 1.82) is 0 Å². The lowest BCUT2D eigenvalue weighted by atomic mass is 10.2. The van der Waals surface area contributed by atoms with Gasteiger partial charge in [-0.3, -0.25) is 20.4 Å². The smallest absolute Gasteiger partial charge is 0.267 e. The maximum absolute atomic E-state index is 12.9. The Labute approximate surface area is 113 Å². The summed E-state index contributed by atoms with van der Waals surface area (Å²) in [4.78, 5) is 23.3. The van der Waals surface area contributed by atoms with E-state index in [4.69, 9.17) is 0 Å². The molecule has 2 aromatic rings. The van der Waals surface area contributed by atoms with Crippen LogP contribution in [0.3, 0.4) is 0 Å². The predicted molar refractivity (Wildman–Crippen MR) is 67.7 cm³/mol. The first kappa shape index (κ1) is 13.7. The first-order chi connectivity index (χ1) is 9.56. The van der Waals surface area contributed by atoms with Crippen molar-refractivity contribution in [1.82, 2.24) is 10.9 Å². The first-order valence-electron chi connectivity index (χ1n) is 5.68. The maximum Gasteiger partial charge on any atom is 0.269 e. The van der Waals surface area contributed by atoms with E-state index in [1.54, 1.807) is 0 Å². The summed E-state index contributed by atoms with van der Waals surface area (Å²) >= 11 is 0. The van der Waals surface area contributed by atoms with Gasteiger partial charge in [0.2, 0.25) is 0 Å². The third-order valence-corrected chi connectivity index (χ3v) is 2.46. The molecule has 0 spiro atoms. The molecule has 0 atom stereocenters. The Morgan fingerprint density at radius 1 is 0.750 bits per heavy atom. The highest BCUT2D eigenvalue weighted by atomic mass is 19.1. The maximum atomic E-state index is 12.9. The van der Waals surface area contributed by atoms with Gasteiger partial charge < -0.3 is 0 Å². The SMILES string of the molecule is O=C(NNC(=O)c1cccc(F)c1)c1cccc(F)c1. The molecular formula is C14H10F2N2O2.